The number of unbranched alkanes of at least 4 members (excludes halogenated alkanes) is 39. The molecular weight excluding hydrogens is 882 g/mol. The lowest BCUT2D eigenvalue weighted by atomic mass is 9.85. The van der Waals surface area contributed by atoms with E-state index < -0.39 is 63.2 Å². The Morgan fingerprint density at radius 2 is 0.706 bits per heavy atom. The van der Waals surface area contributed by atoms with Crippen LogP contribution in [0.25, 0.3) is 0 Å². The molecule has 0 aromatic heterocycles. The molecule has 1 aliphatic carbocycles. The molecule has 0 bridgehead atoms. The van der Waals surface area contributed by atoms with Crippen molar-refractivity contribution in [1.82, 2.24) is 5.32 Å². The molecule has 406 valence electrons. The summed E-state index contributed by atoms with van der Waals surface area (Å²) in [5.41, 5.74) is 0. The number of phosphoric acid groups is 1. The summed E-state index contributed by atoms with van der Waals surface area (Å²) in [6, 6.07) is -1.03. The van der Waals surface area contributed by atoms with Gasteiger partial charge in [-0.3, -0.25) is 13.8 Å². The van der Waals surface area contributed by atoms with Gasteiger partial charge in [-0.2, -0.15) is 0 Å². The Hall–Kier alpha value is -0.660. The number of amides is 1. The molecule has 0 radical (unpaired) electrons. The number of hydrogen-bond donors (Lipinski definition) is 8. The highest BCUT2D eigenvalue weighted by Crippen LogP contribution is 2.47. The van der Waals surface area contributed by atoms with Crippen molar-refractivity contribution < 1.29 is 53.9 Å². The van der Waals surface area contributed by atoms with Gasteiger partial charge in [-0.25, -0.2) is 4.57 Å². The Bertz CT molecular complexity index is 1150. The van der Waals surface area contributed by atoms with Crippen LogP contribution in [0.4, 0.5) is 0 Å². The van der Waals surface area contributed by atoms with Gasteiger partial charge in [0, 0.05) is 6.42 Å². The second-order valence-corrected chi connectivity index (χ2v) is 22.3. The highest BCUT2D eigenvalue weighted by molar-refractivity contribution is 7.47. The summed E-state index contributed by atoms with van der Waals surface area (Å²) in [4.78, 5) is 23.5. The van der Waals surface area contributed by atoms with E-state index in [4.69, 9.17) is 9.05 Å². The highest BCUT2D eigenvalue weighted by Gasteiger charge is 2.51. The zero-order chi connectivity index (χ0) is 49.9. The number of phosphoric ester groups is 1. The number of hydrogen-bond acceptors (Lipinski definition) is 10. The molecular formula is C55H110NO11P. The predicted octanol–water partition coefficient (Wildman–Crippen LogP) is 13.0. The molecule has 6 unspecified atom stereocenters. The normalized spacial score (nSPS) is 21.5. The van der Waals surface area contributed by atoms with Gasteiger partial charge in [-0.05, 0) is 12.8 Å². The zero-order valence-corrected chi connectivity index (χ0v) is 44.8. The monoisotopic (exact) mass is 992 g/mol. The fourth-order valence-corrected chi connectivity index (χ4v) is 10.7. The topological polar surface area (TPSA) is 206 Å². The fraction of sp³-hybridized carbons (Fsp3) is 0.982. The van der Waals surface area contributed by atoms with Gasteiger partial charge < -0.3 is 40.8 Å². The summed E-state index contributed by atoms with van der Waals surface area (Å²) < 4.78 is 23.0. The zero-order valence-electron chi connectivity index (χ0n) is 43.9. The van der Waals surface area contributed by atoms with Crippen LogP contribution < -0.4 is 5.32 Å². The first kappa shape index (κ1) is 65.4. The molecule has 68 heavy (non-hydrogen) atoms. The summed E-state index contributed by atoms with van der Waals surface area (Å²) in [6.45, 7) is 3.92. The summed E-state index contributed by atoms with van der Waals surface area (Å²) >= 11 is 0. The summed E-state index contributed by atoms with van der Waals surface area (Å²) in [5.74, 6) is -0.301. The van der Waals surface area contributed by atoms with E-state index in [1.54, 1.807) is 0 Å². The van der Waals surface area contributed by atoms with Gasteiger partial charge in [0.25, 0.3) is 0 Å². The Kier molecular flexibility index (Phi) is 43.2. The quantitative estimate of drug-likeness (QED) is 0.0213. The lowest BCUT2D eigenvalue weighted by molar-refractivity contribution is -0.220. The third kappa shape index (κ3) is 35.5. The van der Waals surface area contributed by atoms with Crippen molar-refractivity contribution in [2.24, 2.45) is 0 Å². The maximum atomic E-state index is 13.0. The van der Waals surface area contributed by atoms with E-state index in [2.05, 4.69) is 19.2 Å². The van der Waals surface area contributed by atoms with E-state index in [9.17, 15) is 44.9 Å². The summed E-state index contributed by atoms with van der Waals surface area (Å²) in [7, 11) is -5.05. The molecule has 0 aromatic carbocycles. The number of carbonyl (C=O) groups is 1. The minimum atomic E-state index is -5.05. The van der Waals surface area contributed by atoms with Crippen LogP contribution in [0.5, 0.6) is 0 Å². The lowest BCUT2D eigenvalue weighted by Gasteiger charge is -2.41. The molecule has 1 saturated carbocycles. The average Bonchev–Trinajstić information content (AvgIpc) is 3.32. The van der Waals surface area contributed by atoms with Gasteiger partial charge in [-0.1, -0.05) is 271 Å². The second-order valence-electron chi connectivity index (χ2n) is 20.9. The van der Waals surface area contributed by atoms with Crippen molar-refractivity contribution in [2.75, 3.05) is 6.61 Å². The van der Waals surface area contributed by atoms with E-state index in [0.717, 1.165) is 38.5 Å². The third-order valence-corrected chi connectivity index (χ3v) is 15.4. The van der Waals surface area contributed by atoms with Gasteiger partial charge in [0.05, 0.1) is 18.8 Å². The van der Waals surface area contributed by atoms with Crippen LogP contribution in [0.15, 0.2) is 0 Å². The molecule has 1 aliphatic rings. The van der Waals surface area contributed by atoms with Crippen LogP contribution in [-0.4, -0.2) is 96.8 Å². The average molecular weight is 992 g/mol. The summed E-state index contributed by atoms with van der Waals surface area (Å²) in [5, 5.41) is 64.3. The Balaban J connectivity index is 2.21. The second kappa shape index (κ2) is 45.0. The van der Waals surface area contributed by atoms with Crippen LogP contribution in [0, 0.1) is 0 Å². The molecule has 1 amide bonds. The molecule has 9 atom stereocenters. The molecule has 8 N–H and O–H groups in total. The first-order valence-electron chi connectivity index (χ1n) is 29.0. The number of nitrogens with one attached hydrogen (secondary N) is 1. The van der Waals surface area contributed by atoms with Gasteiger partial charge in [-0.15, -0.1) is 0 Å². The van der Waals surface area contributed by atoms with E-state index in [0.29, 0.717) is 19.3 Å². The van der Waals surface area contributed by atoms with Crippen molar-refractivity contribution in [2.45, 2.75) is 339 Å². The van der Waals surface area contributed by atoms with E-state index in [1.807, 2.05) is 0 Å². The third-order valence-electron chi connectivity index (χ3n) is 14.4. The van der Waals surface area contributed by atoms with Crippen molar-refractivity contribution >= 4 is 13.7 Å². The smallest absolute Gasteiger partial charge is 0.391 e. The molecule has 0 aromatic rings. The molecule has 12 nitrogen and oxygen atoms in total. The first-order chi connectivity index (χ1) is 32.9. The Morgan fingerprint density at radius 1 is 0.441 bits per heavy atom. The number of aliphatic hydroxyl groups is 6. The van der Waals surface area contributed by atoms with E-state index in [-0.39, 0.29) is 12.3 Å². The minimum absolute atomic E-state index is 0.243. The molecule has 0 heterocycles. The summed E-state index contributed by atoms with van der Waals surface area (Å²) in [6.07, 6.45) is 40.2. The first-order valence-corrected chi connectivity index (χ1v) is 30.5. The van der Waals surface area contributed by atoms with Crippen molar-refractivity contribution in [3.8, 4) is 0 Å². The number of aliphatic hydroxyl groups excluding tert-OH is 6. The minimum Gasteiger partial charge on any atom is -0.391 e. The molecule has 0 spiro atoms. The highest BCUT2D eigenvalue weighted by atomic mass is 31.2. The van der Waals surface area contributed by atoms with Gasteiger partial charge in [0.1, 0.15) is 36.6 Å². The maximum Gasteiger partial charge on any atom is 0.472 e. The van der Waals surface area contributed by atoms with Crippen LogP contribution in [0.3, 0.4) is 0 Å². The number of rotatable bonds is 50. The molecule has 1 fully saturated rings. The van der Waals surface area contributed by atoms with Gasteiger partial charge >= 0.3 is 7.82 Å². The molecule has 1 rings (SSSR count). The van der Waals surface area contributed by atoms with E-state index in [1.165, 1.54) is 212 Å². The molecule has 0 saturated heterocycles. The molecule has 13 heteroatoms. The van der Waals surface area contributed by atoms with Crippen molar-refractivity contribution in [3.05, 3.63) is 0 Å². The predicted molar refractivity (Wildman–Crippen MR) is 279 cm³/mol. The van der Waals surface area contributed by atoms with Gasteiger partial charge in [0.2, 0.25) is 5.91 Å². The van der Waals surface area contributed by atoms with Crippen molar-refractivity contribution in [1.29, 1.82) is 0 Å². The molecule has 0 aliphatic heterocycles. The Morgan fingerprint density at radius 3 is 1.01 bits per heavy atom. The maximum absolute atomic E-state index is 13.0. The standard InChI is InChI=1S/C55H110NO11P/c1-3-5-7-9-11-13-15-17-18-19-20-21-22-23-24-25-26-27-28-29-30-31-32-33-35-37-39-41-43-45-49(58)56-47(48(57)44-42-40-38-36-34-16-14-12-10-8-6-4-2)46-66-68(64,65)67-55-53(62)51(60)50(59)52(61)54(55)63/h47-48,50-55,57,59-63H,3-46H2,1-2H3,(H,56,58)(H,64,65)/t47-,48+,50?,51+,52?,53?,54?,55?/m0/s1. The number of carbonyl (C=O) groups excluding carboxylic acids is 1. The van der Waals surface area contributed by atoms with Crippen molar-refractivity contribution in [3.63, 3.8) is 0 Å². The fourth-order valence-electron chi connectivity index (χ4n) is 9.74. The van der Waals surface area contributed by atoms with Crippen LogP contribution >= 0.6 is 7.82 Å². The van der Waals surface area contributed by atoms with E-state index >= 15 is 0 Å². The lowest BCUT2D eigenvalue weighted by Crippen LogP contribution is -2.64. The largest absolute Gasteiger partial charge is 0.472 e. The van der Waals surface area contributed by atoms with Gasteiger partial charge in [0.15, 0.2) is 0 Å². The van der Waals surface area contributed by atoms with Crippen LogP contribution in [-0.2, 0) is 18.4 Å². The van der Waals surface area contributed by atoms with Crippen LogP contribution in [0.2, 0.25) is 0 Å². The SMILES string of the molecule is CCCCCCCCCCCCCCCCCCCCCCCCCCCCCCCC(=O)N[C@@H](COP(=O)(O)OC1C(O)C(O)C(O)[C@@H](O)C1O)[C@H](O)CCCCCCCCCCCCCC. The Labute approximate surface area is 416 Å². The van der Waals surface area contributed by atoms with Crippen LogP contribution in [0.1, 0.15) is 290 Å².